The van der Waals surface area contributed by atoms with Crippen molar-refractivity contribution in [2.75, 3.05) is 10.6 Å². The van der Waals surface area contributed by atoms with Crippen LogP contribution in [0.3, 0.4) is 0 Å². The lowest BCUT2D eigenvalue weighted by molar-refractivity contribution is -0.383. The predicted molar refractivity (Wildman–Crippen MR) is 134 cm³/mol. The van der Waals surface area contributed by atoms with Gasteiger partial charge in [-0.3, -0.25) is 14.9 Å². The molecule has 0 heterocycles. The van der Waals surface area contributed by atoms with E-state index in [0.717, 1.165) is 10.8 Å². The Bertz CT molecular complexity index is 1330. The van der Waals surface area contributed by atoms with Gasteiger partial charge in [0, 0.05) is 11.8 Å². The van der Waals surface area contributed by atoms with Crippen molar-refractivity contribution in [2.24, 2.45) is 0 Å². The van der Waals surface area contributed by atoms with Crippen LogP contribution >= 0.6 is 12.2 Å². The summed E-state index contributed by atoms with van der Waals surface area (Å²) in [7, 11) is 0. The van der Waals surface area contributed by atoms with Crippen LogP contribution in [0.25, 0.3) is 10.8 Å². The Morgan fingerprint density at radius 1 is 0.818 bits per heavy atom. The number of amides is 1. The molecular weight excluding hydrogens is 436 g/mol. The third kappa shape index (κ3) is 5.31. The molecule has 33 heavy (non-hydrogen) atoms. The molecule has 4 aromatic carbocycles. The van der Waals surface area contributed by atoms with Crippen molar-refractivity contribution < 1.29 is 9.72 Å². The van der Waals surface area contributed by atoms with Crippen molar-refractivity contribution in [3.63, 3.8) is 0 Å². The highest BCUT2D eigenvalue weighted by molar-refractivity contribution is 7.80. The minimum Gasteiger partial charge on any atom is -0.347 e. The highest BCUT2D eigenvalue weighted by atomic mass is 32.1. The summed E-state index contributed by atoms with van der Waals surface area (Å²) in [5.74, 6) is -0.316. The van der Waals surface area contributed by atoms with Crippen molar-refractivity contribution in [3.05, 3.63) is 113 Å². The molecular formula is C25H20N4O3S. The highest BCUT2D eigenvalue weighted by Crippen LogP contribution is 2.24. The normalized spacial score (nSPS) is 11.4. The van der Waals surface area contributed by atoms with Crippen molar-refractivity contribution in [3.8, 4) is 0 Å². The van der Waals surface area contributed by atoms with Gasteiger partial charge < -0.3 is 16.0 Å². The number of hydrogen-bond donors (Lipinski definition) is 3. The van der Waals surface area contributed by atoms with Gasteiger partial charge in [-0.05, 0) is 46.8 Å². The maximum absolute atomic E-state index is 13.2. The van der Waals surface area contributed by atoms with E-state index in [1.54, 1.807) is 18.2 Å². The summed E-state index contributed by atoms with van der Waals surface area (Å²) < 4.78 is 0. The van der Waals surface area contributed by atoms with E-state index in [4.69, 9.17) is 12.2 Å². The molecule has 4 aromatic rings. The molecule has 1 amide bonds. The van der Waals surface area contributed by atoms with E-state index in [0.29, 0.717) is 11.3 Å². The number of carbonyl (C=O) groups is 1. The number of rotatable bonds is 6. The van der Waals surface area contributed by atoms with Crippen LogP contribution in [0.2, 0.25) is 0 Å². The van der Waals surface area contributed by atoms with Crippen molar-refractivity contribution in [1.82, 2.24) is 5.32 Å². The Balaban J connectivity index is 1.55. The minimum atomic E-state index is -0.819. The lowest BCUT2D eigenvalue weighted by Crippen LogP contribution is -2.39. The minimum absolute atomic E-state index is 0.0896. The van der Waals surface area contributed by atoms with Gasteiger partial charge in [0.25, 0.3) is 11.6 Å². The van der Waals surface area contributed by atoms with Crippen LogP contribution in [0.15, 0.2) is 97.1 Å². The zero-order valence-electron chi connectivity index (χ0n) is 17.4. The van der Waals surface area contributed by atoms with Gasteiger partial charge in [-0.1, -0.05) is 72.8 Å². The smallest absolute Gasteiger partial charge is 0.292 e. The van der Waals surface area contributed by atoms with Gasteiger partial charge in [0.05, 0.1) is 4.92 Å². The number of benzene rings is 4. The van der Waals surface area contributed by atoms with E-state index in [-0.39, 0.29) is 22.4 Å². The molecule has 1 unspecified atom stereocenters. The topological polar surface area (TPSA) is 96.3 Å². The number of nitro groups is 1. The first kappa shape index (κ1) is 21.9. The average molecular weight is 457 g/mol. The zero-order chi connectivity index (χ0) is 23.2. The number of para-hydroxylation sites is 2. The van der Waals surface area contributed by atoms with Crippen LogP contribution in [-0.2, 0) is 4.79 Å². The molecule has 3 N–H and O–H groups in total. The van der Waals surface area contributed by atoms with Crippen molar-refractivity contribution in [2.45, 2.75) is 6.04 Å². The molecule has 0 saturated carbocycles. The number of thiocarbonyl (C=S) groups is 1. The van der Waals surface area contributed by atoms with Crippen LogP contribution < -0.4 is 16.0 Å². The third-order valence-electron chi connectivity index (χ3n) is 5.04. The van der Waals surface area contributed by atoms with E-state index >= 15 is 0 Å². The molecule has 0 bridgehead atoms. The molecule has 0 spiro atoms. The molecule has 7 nitrogen and oxygen atoms in total. The van der Waals surface area contributed by atoms with E-state index in [1.165, 1.54) is 6.07 Å². The van der Waals surface area contributed by atoms with Gasteiger partial charge in [-0.15, -0.1) is 0 Å². The lowest BCUT2D eigenvalue weighted by atomic mass is 10.1. The molecule has 0 aliphatic rings. The van der Waals surface area contributed by atoms with Crippen molar-refractivity contribution in [1.29, 1.82) is 0 Å². The fraction of sp³-hybridized carbons (Fsp3) is 0.0400. The summed E-state index contributed by atoms with van der Waals surface area (Å²) in [5.41, 5.74) is 1.47. The lowest BCUT2D eigenvalue weighted by Gasteiger charge is -2.21. The fourth-order valence-corrected chi connectivity index (χ4v) is 3.68. The van der Waals surface area contributed by atoms with Crippen LogP contribution in [0.5, 0.6) is 0 Å². The Hall–Kier alpha value is -4.30. The second-order valence-electron chi connectivity index (χ2n) is 7.27. The molecule has 4 rings (SSSR count). The number of carbonyl (C=O) groups excluding carboxylic acids is 1. The Morgan fingerprint density at radius 2 is 1.48 bits per heavy atom. The number of nitrogens with one attached hydrogen (secondary N) is 3. The number of anilines is 2. The largest absolute Gasteiger partial charge is 0.347 e. The second-order valence-corrected chi connectivity index (χ2v) is 7.68. The molecule has 0 radical (unpaired) electrons. The van der Waals surface area contributed by atoms with E-state index in [2.05, 4.69) is 16.0 Å². The molecule has 0 aliphatic heterocycles. The van der Waals surface area contributed by atoms with Crippen LogP contribution in [-0.4, -0.2) is 15.9 Å². The molecule has 164 valence electrons. The summed E-state index contributed by atoms with van der Waals surface area (Å²) in [6, 6.07) is 28.0. The molecule has 1 atom stereocenters. The van der Waals surface area contributed by atoms with Gasteiger partial charge in [0.15, 0.2) is 5.11 Å². The summed E-state index contributed by atoms with van der Waals surface area (Å²) >= 11 is 5.38. The Labute approximate surface area is 195 Å². The Morgan fingerprint density at radius 3 is 2.24 bits per heavy atom. The Kier molecular flexibility index (Phi) is 6.56. The van der Waals surface area contributed by atoms with Crippen LogP contribution in [0.1, 0.15) is 11.6 Å². The zero-order valence-corrected chi connectivity index (χ0v) is 18.2. The molecule has 0 aromatic heterocycles. The highest BCUT2D eigenvalue weighted by Gasteiger charge is 2.23. The molecule has 0 saturated heterocycles. The molecule has 0 aliphatic carbocycles. The van der Waals surface area contributed by atoms with Crippen molar-refractivity contribution >= 4 is 51.1 Å². The standard InChI is InChI=1S/C25H20N4O3S/c30-24(26-20-15-14-17-8-4-5-11-19(17)16-20)23(18-9-2-1-3-10-18)28-25(33)27-21-12-6-7-13-22(21)29(31)32/h1-16,23H,(H,26,30)(H2,27,28,33). The van der Waals surface area contributed by atoms with Gasteiger partial charge >= 0.3 is 0 Å². The van der Waals surface area contributed by atoms with E-state index < -0.39 is 11.0 Å². The van der Waals surface area contributed by atoms with Crippen LogP contribution in [0.4, 0.5) is 17.1 Å². The average Bonchev–Trinajstić information content (AvgIpc) is 2.83. The summed E-state index contributed by atoms with van der Waals surface area (Å²) in [4.78, 5) is 24.0. The van der Waals surface area contributed by atoms with E-state index in [9.17, 15) is 14.9 Å². The van der Waals surface area contributed by atoms with Gasteiger partial charge in [-0.2, -0.15) is 0 Å². The summed E-state index contributed by atoms with van der Waals surface area (Å²) in [5, 5.41) is 22.2. The SMILES string of the molecule is O=C(Nc1ccc2ccccc2c1)C(NC(=S)Nc1ccccc1[N+](=O)[O-])c1ccccc1. The van der Waals surface area contributed by atoms with E-state index in [1.807, 2.05) is 72.8 Å². The number of nitro benzene ring substituents is 1. The predicted octanol–water partition coefficient (Wildman–Crippen LogP) is 5.41. The first-order valence-corrected chi connectivity index (χ1v) is 10.6. The molecule has 8 heteroatoms. The van der Waals surface area contributed by atoms with Gasteiger partial charge in [0.1, 0.15) is 11.7 Å². The summed E-state index contributed by atoms with van der Waals surface area (Å²) in [6.07, 6.45) is 0. The molecule has 0 fully saturated rings. The maximum Gasteiger partial charge on any atom is 0.292 e. The van der Waals surface area contributed by atoms with Crippen LogP contribution in [0, 0.1) is 10.1 Å². The maximum atomic E-state index is 13.2. The third-order valence-corrected chi connectivity index (χ3v) is 5.26. The number of hydrogen-bond acceptors (Lipinski definition) is 4. The quantitative estimate of drug-likeness (QED) is 0.204. The van der Waals surface area contributed by atoms with Gasteiger partial charge in [-0.25, -0.2) is 0 Å². The number of nitrogens with zero attached hydrogens (tertiary/aromatic N) is 1. The number of fused-ring (bicyclic) bond motifs is 1. The summed E-state index contributed by atoms with van der Waals surface area (Å²) in [6.45, 7) is 0. The monoisotopic (exact) mass is 456 g/mol. The first-order valence-electron chi connectivity index (χ1n) is 10.2. The first-order chi connectivity index (χ1) is 16.0. The second kappa shape index (κ2) is 9.88. The van der Waals surface area contributed by atoms with Gasteiger partial charge in [0.2, 0.25) is 0 Å². The fourth-order valence-electron chi connectivity index (χ4n) is 3.46.